The van der Waals surface area contributed by atoms with Crippen molar-refractivity contribution in [2.75, 3.05) is 19.6 Å². The number of fused-ring (bicyclic) bond motifs is 4. The van der Waals surface area contributed by atoms with Gasteiger partial charge in [-0.1, -0.05) is 23.2 Å². The molecule has 1 atom stereocenters. The lowest BCUT2D eigenvalue weighted by atomic mass is 9.92. The number of H-pyrrole nitrogens is 2. The molecule has 0 aliphatic carbocycles. The lowest BCUT2D eigenvalue weighted by molar-refractivity contribution is -0.165. The van der Waals surface area contributed by atoms with Gasteiger partial charge in [-0.15, -0.1) is 0 Å². The molecule has 4 aromatic rings. The van der Waals surface area contributed by atoms with E-state index in [1.165, 1.54) is 0 Å². The molecule has 1 saturated heterocycles. The van der Waals surface area contributed by atoms with Crippen molar-refractivity contribution in [3.8, 4) is 0 Å². The molecule has 15 heteroatoms. The van der Waals surface area contributed by atoms with Crippen LogP contribution in [0.15, 0.2) is 29.2 Å². The molecule has 2 aliphatic heterocycles. The fraction of sp³-hybridized carbons (Fsp3) is 0.423. The van der Waals surface area contributed by atoms with Gasteiger partial charge >= 0.3 is 11.9 Å². The number of carbonyl (C=O) groups is 2. The van der Waals surface area contributed by atoms with E-state index in [1.807, 2.05) is 0 Å². The van der Waals surface area contributed by atoms with Gasteiger partial charge in [-0.2, -0.15) is 18.3 Å². The van der Waals surface area contributed by atoms with E-state index in [0.717, 1.165) is 4.90 Å². The van der Waals surface area contributed by atoms with Gasteiger partial charge in [0, 0.05) is 43.7 Å². The number of piperidine rings is 1. The van der Waals surface area contributed by atoms with E-state index in [-0.39, 0.29) is 47.2 Å². The van der Waals surface area contributed by atoms with Crippen LogP contribution in [0.4, 0.5) is 13.2 Å². The van der Waals surface area contributed by atoms with Crippen LogP contribution in [0, 0.1) is 5.92 Å². The van der Waals surface area contributed by atoms with E-state index in [2.05, 4.69) is 20.2 Å². The quantitative estimate of drug-likeness (QED) is 0.359. The van der Waals surface area contributed by atoms with Gasteiger partial charge < -0.3 is 9.80 Å². The average Bonchev–Trinajstić information content (AvgIpc) is 3.44. The minimum atomic E-state index is -4.64. The Morgan fingerprint density at radius 2 is 1.93 bits per heavy atom. The number of benzene rings is 1. The van der Waals surface area contributed by atoms with Gasteiger partial charge in [0.1, 0.15) is 17.2 Å². The Morgan fingerprint density at radius 3 is 2.66 bits per heavy atom. The molecule has 0 bridgehead atoms. The molecule has 5 heterocycles. The van der Waals surface area contributed by atoms with Crippen LogP contribution in [0.25, 0.3) is 22.1 Å². The first kappa shape index (κ1) is 27.6. The second kappa shape index (κ2) is 10.4. The Bertz CT molecular complexity index is 1720. The van der Waals surface area contributed by atoms with Gasteiger partial charge in [0.2, 0.25) is 11.8 Å². The Morgan fingerprint density at radius 1 is 1.17 bits per heavy atom. The molecule has 0 spiro atoms. The Balaban J connectivity index is 1.23. The van der Waals surface area contributed by atoms with E-state index >= 15 is 0 Å². The van der Waals surface area contributed by atoms with Crippen LogP contribution in [-0.4, -0.2) is 72.2 Å². The van der Waals surface area contributed by atoms with Crippen LogP contribution < -0.4 is 5.69 Å². The van der Waals surface area contributed by atoms with Crippen molar-refractivity contribution in [3.05, 3.63) is 56.2 Å². The summed E-state index contributed by atoms with van der Waals surface area (Å²) in [6.45, 7) is -1.13. The summed E-state index contributed by atoms with van der Waals surface area (Å²) < 4.78 is 42.2. The molecule has 1 unspecified atom stereocenters. The van der Waals surface area contributed by atoms with Crippen LogP contribution >= 0.6 is 23.2 Å². The fourth-order valence-electron chi connectivity index (χ4n) is 6.02. The van der Waals surface area contributed by atoms with Gasteiger partial charge in [0.25, 0.3) is 0 Å². The van der Waals surface area contributed by atoms with Crippen molar-refractivity contribution in [1.82, 2.24) is 34.5 Å². The highest BCUT2D eigenvalue weighted by Gasteiger charge is 2.40. The van der Waals surface area contributed by atoms with Gasteiger partial charge in [-0.3, -0.25) is 24.2 Å². The summed E-state index contributed by atoms with van der Waals surface area (Å²) in [7, 11) is 0. The molecular formula is C26H24Cl2F3N7O3. The third-order valence-electron chi connectivity index (χ3n) is 7.88. The molecule has 216 valence electrons. The molecule has 10 nitrogen and oxygen atoms in total. The highest BCUT2D eigenvalue weighted by Crippen LogP contribution is 2.38. The lowest BCUT2D eigenvalue weighted by Crippen LogP contribution is -2.44. The zero-order valence-electron chi connectivity index (χ0n) is 21.5. The second-order valence-corrected chi connectivity index (χ2v) is 11.2. The molecular weight excluding hydrogens is 586 g/mol. The summed E-state index contributed by atoms with van der Waals surface area (Å²) >= 11 is 12.7. The third-order valence-corrected chi connectivity index (χ3v) is 8.44. The fourth-order valence-corrected chi connectivity index (χ4v) is 6.54. The number of nitrogens with one attached hydrogen (secondary N) is 2. The van der Waals surface area contributed by atoms with Crippen molar-refractivity contribution in [3.63, 3.8) is 0 Å². The Labute approximate surface area is 240 Å². The maximum absolute atomic E-state index is 13.5. The number of alkyl halides is 3. The zero-order chi connectivity index (χ0) is 29.1. The summed E-state index contributed by atoms with van der Waals surface area (Å²) in [5, 5.41) is 7.36. The largest absolute Gasteiger partial charge is 0.406 e. The Hall–Kier alpha value is -3.58. The molecule has 2 amide bonds. The van der Waals surface area contributed by atoms with E-state index < -0.39 is 24.5 Å². The minimum Gasteiger partial charge on any atom is -0.343 e. The van der Waals surface area contributed by atoms with Gasteiger partial charge in [-0.05, 0) is 48.6 Å². The predicted molar refractivity (Wildman–Crippen MR) is 145 cm³/mol. The summed E-state index contributed by atoms with van der Waals surface area (Å²) in [6, 6.07) is 4.98. The number of likely N-dealkylation sites (tertiary alicyclic amines) is 1. The smallest absolute Gasteiger partial charge is 0.343 e. The highest BCUT2D eigenvalue weighted by molar-refractivity contribution is 6.39. The Kier molecular flexibility index (Phi) is 6.97. The number of halogens is 5. The number of hydrogen-bond donors (Lipinski definition) is 2. The third kappa shape index (κ3) is 5.16. The van der Waals surface area contributed by atoms with Crippen molar-refractivity contribution in [2.45, 2.75) is 44.4 Å². The molecule has 2 N–H and O–H groups in total. The van der Waals surface area contributed by atoms with E-state index in [0.29, 0.717) is 59.1 Å². The molecule has 6 rings (SSSR count). The van der Waals surface area contributed by atoms with Gasteiger partial charge in [0.05, 0.1) is 16.5 Å². The number of pyridine rings is 1. The molecule has 0 radical (unpaired) electrons. The average molecular weight is 610 g/mol. The first-order valence-corrected chi connectivity index (χ1v) is 13.8. The second-order valence-electron chi connectivity index (χ2n) is 10.5. The number of amides is 2. The maximum atomic E-state index is 13.5. The normalized spacial score (nSPS) is 18.8. The van der Waals surface area contributed by atoms with E-state index in [1.54, 1.807) is 33.9 Å². The number of aromatic amines is 2. The molecule has 1 aromatic carbocycles. The van der Waals surface area contributed by atoms with Crippen molar-refractivity contribution in [1.29, 1.82) is 0 Å². The van der Waals surface area contributed by atoms with E-state index in [9.17, 15) is 27.6 Å². The van der Waals surface area contributed by atoms with Gasteiger partial charge in [0.15, 0.2) is 5.65 Å². The van der Waals surface area contributed by atoms with Crippen LogP contribution in [0.5, 0.6) is 0 Å². The maximum Gasteiger partial charge on any atom is 0.406 e. The van der Waals surface area contributed by atoms with Crippen molar-refractivity contribution >= 4 is 57.1 Å². The van der Waals surface area contributed by atoms with Crippen LogP contribution in [0.1, 0.15) is 36.4 Å². The van der Waals surface area contributed by atoms with Gasteiger partial charge in [-0.25, -0.2) is 9.78 Å². The van der Waals surface area contributed by atoms with Crippen molar-refractivity contribution < 1.29 is 22.8 Å². The SMILES string of the molecule is O=C(CC1Cc2cc(Cl)c3n[nH]c(Cl)c3c2CN(CC(F)(F)F)C1=O)N1CCC(n2c(=O)[nH]c3ncccc32)CC1. The summed E-state index contributed by atoms with van der Waals surface area (Å²) in [6.07, 6.45) is -2.28. The molecule has 41 heavy (non-hydrogen) atoms. The lowest BCUT2D eigenvalue weighted by Gasteiger charge is -2.33. The number of nitrogens with zero attached hydrogens (tertiary/aromatic N) is 5. The topological polar surface area (TPSA) is 120 Å². The molecule has 3 aromatic heterocycles. The predicted octanol–water partition coefficient (Wildman–Crippen LogP) is 4.22. The first-order chi connectivity index (χ1) is 19.5. The van der Waals surface area contributed by atoms with Crippen LogP contribution in [0.3, 0.4) is 0 Å². The summed E-state index contributed by atoms with van der Waals surface area (Å²) in [4.78, 5) is 48.6. The molecule has 1 fully saturated rings. The monoisotopic (exact) mass is 609 g/mol. The highest BCUT2D eigenvalue weighted by atomic mass is 35.5. The number of aromatic nitrogens is 5. The van der Waals surface area contributed by atoms with Crippen molar-refractivity contribution in [2.24, 2.45) is 5.92 Å². The first-order valence-electron chi connectivity index (χ1n) is 13.0. The van der Waals surface area contributed by atoms with Crippen LogP contribution in [0.2, 0.25) is 10.2 Å². The van der Waals surface area contributed by atoms with E-state index in [4.69, 9.17) is 23.2 Å². The van der Waals surface area contributed by atoms with Crippen LogP contribution in [-0.2, 0) is 22.6 Å². The minimum absolute atomic E-state index is 0.0274. The zero-order valence-corrected chi connectivity index (χ0v) is 23.0. The molecule has 2 aliphatic rings. The molecule has 0 saturated carbocycles. The number of carbonyl (C=O) groups excluding carboxylic acids is 2. The summed E-state index contributed by atoms with van der Waals surface area (Å²) in [5.41, 5.74) is 2.17. The number of rotatable bonds is 4. The number of imidazole rings is 1. The summed E-state index contributed by atoms with van der Waals surface area (Å²) in [5.74, 6) is -2.12. The standard InChI is InChI=1S/C26H24Cl2F3N7O3/c27-17-9-13-8-14(24(40)37(12-26(29,30)31)11-16(13)20-21(17)34-35-22(20)28)10-19(39)36-6-3-15(4-7-36)38-18-2-1-5-32-23(18)33-25(38)41/h1-2,5,9,14-15H,3-4,6-8,10-12H2,(H,34,35)(H,32,33,41). The number of hydrogen-bond acceptors (Lipinski definition) is 5.